The number of phenols is 1. The lowest BCUT2D eigenvalue weighted by molar-refractivity contribution is -0.144. The number of halogens is 3. The Labute approximate surface area is 270 Å². The van der Waals surface area contributed by atoms with Crippen LogP contribution in [0.15, 0.2) is 60.2 Å². The van der Waals surface area contributed by atoms with E-state index in [1.165, 1.54) is 29.6 Å². The van der Waals surface area contributed by atoms with Gasteiger partial charge in [-0.1, -0.05) is 59.6 Å². The third-order valence-electron chi connectivity index (χ3n) is 10.5. The fraction of sp³-hybridized carbons (Fsp3) is 0.455. The molecule has 6 unspecified atom stereocenters. The number of benzene rings is 2. The largest absolute Gasteiger partial charge is 0.508 e. The van der Waals surface area contributed by atoms with Crippen LogP contribution in [0.4, 0.5) is 0 Å². The van der Waals surface area contributed by atoms with E-state index in [-0.39, 0.29) is 35.0 Å². The second-order valence-corrected chi connectivity index (χ2v) is 14.4. The zero-order valence-corrected chi connectivity index (χ0v) is 26.4. The number of piperidine rings is 1. The Morgan fingerprint density at radius 1 is 0.932 bits per heavy atom. The summed E-state index contributed by atoms with van der Waals surface area (Å²) in [6.07, 6.45) is 3.50. The molecule has 2 aromatic carbocycles. The molecule has 3 heterocycles. The maximum Gasteiger partial charge on any atom is 0.253 e. The second-order valence-electron chi connectivity index (χ2n) is 12.7. The van der Waals surface area contributed by atoms with Crippen molar-refractivity contribution in [2.75, 3.05) is 20.1 Å². The zero-order valence-electron chi connectivity index (χ0n) is 24.1. The third-order valence-corrected chi connectivity index (χ3v) is 12.3. The number of allylic oxidation sites excluding steroid dienone is 2. The third kappa shape index (κ3) is 4.14. The van der Waals surface area contributed by atoms with E-state index in [0.717, 1.165) is 24.5 Å². The molecule has 1 saturated carbocycles. The number of amides is 4. The minimum absolute atomic E-state index is 0.0610. The van der Waals surface area contributed by atoms with E-state index in [0.29, 0.717) is 30.4 Å². The molecule has 8 nitrogen and oxygen atoms in total. The molecule has 2 aliphatic carbocycles. The van der Waals surface area contributed by atoms with Gasteiger partial charge < -0.3 is 5.11 Å². The van der Waals surface area contributed by atoms with Crippen LogP contribution in [-0.4, -0.2) is 79.4 Å². The first-order valence-electron chi connectivity index (χ1n) is 15.0. The number of carbonyl (C=O) groups is 4. The molecule has 11 heteroatoms. The number of hydrogen-bond donors (Lipinski definition) is 1. The molecule has 0 bridgehead atoms. The summed E-state index contributed by atoms with van der Waals surface area (Å²) < 4.78 is 0. The molecule has 3 aliphatic heterocycles. The summed E-state index contributed by atoms with van der Waals surface area (Å²) in [6.45, 7) is 2.35. The van der Waals surface area contributed by atoms with Gasteiger partial charge in [0.15, 0.2) is 9.75 Å². The number of aromatic hydroxyl groups is 1. The molecule has 44 heavy (non-hydrogen) atoms. The molecule has 5 aliphatic rings. The van der Waals surface area contributed by atoms with E-state index in [1.54, 1.807) is 6.07 Å². The number of fused-ring (bicyclic) bond motifs is 4. The first-order valence-corrected chi connectivity index (χ1v) is 16.1. The summed E-state index contributed by atoms with van der Waals surface area (Å²) >= 11 is 21.0. The standard InChI is InChI=1S/C33H32Cl3N3O5/c1-37-30(43)32(35)16-24-21(27(33(32,36)31(37)44)22-8-7-20(40)15-25(22)34)9-10-23-26(24)29(42)39(28(23)41)19-11-13-38(14-12-19)17-18-5-3-2-4-6-18/h2-9,15,19,23-24,26-27,40H,10-14,16-17H2,1H3. The fourth-order valence-electron chi connectivity index (χ4n) is 8.40. The van der Waals surface area contributed by atoms with Gasteiger partial charge in [-0.15, -0.1) is 23.2 Å². The number of nitrogens with zero attached hydrogens (tertiary/aromatic N) is 3. The van der Waals surface area contributed by atoms with Crippen LogP contribution in [0.3, 0.4) is 0 Å². The van der Waals surface area contributed by atoms with Crippen molar-refractivity contribution >= 4 is 58.4 Å². The van der Waals surface area contributed by atoms with Crippen molar-refractivity contribution < 1.29 is 24.3 Å². The van der Waals surface area contributed by atoms with Crippen molar-refractivity contribution in [1.29, 1.82) is 0 Å². The fourth-order valence-corrected chi connectivity index (χ4v) is 9.70. The van der Waals surface area contributed by atoms with Crippen LogP contribution in [0, 0.1) is 17.8 Å². The van der Waals surface area contributed by atoms with E-state index in [4.69, 9.17) is 34.8 Å². The van der Waals surface area contributed by atoms with Gasteiger partial charge in [0.05, 0.1) is 11.8 Å². The quantitative estimate of drug-likeness (QED) is 0.291. The van der Waals surface area contributed by atoms with Crippen LogP contribution in [0.1, 0.15) is 42.7 Å². The maximum atomic E-state index is 14.3. The molecule has 4 fully saturated rings. The number of likely N-dealkylation sites (tertiary alicyclic amines) is 3. The molecule has 7 rings (SSSR count). The van der Waals surface area contributed by atoms with Gasteiger partial charge in [-0.25, -0.2) is 0 Å². The molecule has 4 amide bonds. The van der Waals surface area contributed by atoms with Crippen LogP contribution in [-0.2, 0) is 25.7 Å². The lowest BCUT2D eigenvalue weighted by atomic mass is 9.56. The van der Waals surface area contributed by atoms with Crippen molar-refractivity contribution in [2.45, 2.75) is 53.9 Å². The molecule has 2 aromatic rings. The lowest BCUT2D eigenvalue weighted by Crippen LogP contribution is -2.60. The average Bonchev–Trinajstić information content (AvgIpc) is 3.33. The molecular weight excluding hydrogens is 625 g/mol. The van der Waals surface area contributed by atoms with Gasteiger partial charge in [-0.05, 0) is 54.9 Å². The van der Waals surface area contributed by atoms with Crippen LogP contribution in [0.25, 0.3) is 0 Å². The van der Waals surface area contributed by atoms with E-state index in [9.17, 15) is 24.3 Å². The SMILES string of the molecule is CN1C(=O)C2(Cl)CC3C(=CCC4C(=O)N(C5CCN(Cc6ccccc6)CC5)C(=O)C43)C(c3ccc(O)cc3Cl)C2(Cl)C1=O. The predicted octanol–water partition coefficient (Wildman–Crippen LogP) is 4.70. The van der Waals surface area contributed by atoms with Gasteiger partial charge in [-0.2, -0.15) is 0 Å². The molecule has 1 N–H and O–H groups in total. The minimum atomic E-state index is -1.91. The highest BCUT2D eigenvalue weighted by Crippen LogP contribution is 2.66. The summed E-state index contributed by atoms with van der Waals surface area (Å²) in [6, 6.07) is 14.4. The van der Waals surface area contributed by atoms with Gasteiger partial charge in [0.25, 0.3) is 11.8 Å². The zero-order chi connectivity index (χ0) is 31.1. The highest BCUT2D eigenvalue weighted by molar-refractivity contribution is 6.53. The first kappa shape index (κ1) is 29.8. The van der Waals surface area contributed by atoms with E-state index in [2.05, 4.69) is 17.0 Å². The number of rotatable bonds is 4. The Morgan fingerprint density at radius 3 is 2.32 bits per heavy atom. The number of carbonyl (C=O) groups excluding carboxylic acids is 4. The lowest BCUT2D eigenvalue weighted by Gasteiger charge is -2.51. The van der Waals surface area contributed by atoms with E-state index in [1.807, 2.05) is 24.3 Å². The number of alkyl halides is 2. The number of hydrogen-bond acceptors (Lipinski definition) is 6. The van der Waals surface area contributed by atoms with Gasteiger partial charge in [-0.3, -0.25) is 33.9 Å². The Bertz CT molecular complexity index is 1610. The Balaban J connectivity index is 1.21. The number of phenolic OH excluding ortho intramolecular Hbond substituents is 1. The van der Waals surface area contributed by atoms with Crippen molar-refractivity contribution in [3.05, 3.63) is 76.3 Å². The van der Waals surface area contributed by atoms with Crippen LogP contribution < -0.4 is 0 Å². The first-order chi connectivity index (χ1) is 21.0. The normalized spacial score (nSPS) is 34.2. The highest BCUT2D eigenvalue weighted by Gasteiger charge is 2.76. The van der Waals surface area contributed by atoms with Gasteiger partial charge in [0.2, 0.25) is 11.8 Å². The molecule has 0 radical (unpaired) electrons. The van der Waals surface area contributed by atoms with Crippen molar-refractivity contribution in [3.63, 3.8) is 0 Å². The minimum Gasteiger partial charge on any atom is -0.508 e. The van der Waals surface area contributed by atoms with Crippen LogP contribution in [0.5, 0.6) is 5.75 Å². The molecule has 3 saturated heterocycles. The Morgan fingerprint density at radius 2 is 1.64 bits per heavy atom. The summed E-state index contributed by atoms with van der Waals surface area (Å²) in [7, 11) is 1.35. The molecule has 6 atom stereocenters. The predicted molar refractivity (Wildman–Crippen MR) is 165 cm³/mol. The molecule has 230 valence electrons. The Hall–Kier alpha value is -2.91. The van der Waals surface area contributed by atoms with Gasteiger partial charge >= 0.3 is 0 Å². The summed E-state index contributed by atoms with van der Waals surface area (Å²) in [5.74, 6) is -4.65. The van der Waals surface area contributed by atoms with E-state index >= 15 is 0 Å². The number of imide groups is 2. The highest BCUT2D eigenvalue weighted by atomic mass is 35.5. The van der Waals surface area contributed by atoms with Crippen molar-refractivity contribution in [2.24, 2.45) is 17.8 Å². The van der Waals surface area contributed by atoms with E-state index < -0.39 is 45.2 Å². The van der Waals surface area contributed by atoms with Crippen LogP contribution >= 0.6 is 34.8 Å². The summed E-state index contributed by atoms with van der Waals surface area (Å²) in [4.78, 5) is 56.5. The average molecular weight is 657 g/mol. The Kier molecular flexibility index (Phi) is 7.16. The summed E-state index contributed by atoms with van der Waals surface area (Å²) in [5.41, 5.74) is 2.33. The van der Waals surface area contributed by atoms with Gasteiger partial charge in [0, 0.05) is 43.7 Å². The molecule has 0 spiro atoms. The second kappa shape index (κ2) is 10.6. The maximum absolute atomic E-state index is 14.3. The smallest absolute Gasteiger partial charge is 0.253 e. The molecule has 0 aromatic heterocycles. The molecular formula is C33H32Cl3N3O5. The monoisotopic (exact) mass is 655 g/mol. The van der Waals surface area contributed by atoms with Crippen molar-refractivity contribution in [1.82, 2.24) is 14.7 Å². The van der Waals surface area contributed by atoms with Crippen molar-refractivity contribution in [3.8, 4) is 5.75 Å². The van der Waals surface area contributed by atoms with Gasteiger partial charge in [0.1, 0.15) is 5.75 Å². The van der Waals surface area contributed by atoms with Crippen LogP contribution in [0.2, 0.25) is 5.02 Å². The summed E-state index contributed by atoms with van der Waals surface area (Å²) in [5, 5.41) is 10.2. The topological polar surface area (TPSA) is 98.2 Å².